The van der Waals surface area contributed by atoms with Crippen molar-refractivity contribution in [3.05, 3.63) is 10.6 Å². The molecule has 130 valence electrons. The molecule has 0 spiro atoms. The van der Waals surface area contributed by atoms with Gasteiger partial charge in [-0.25, -0.2) is 0 Å². The second kappa shape index (κ2) is 8.70. The number of ether oxygens (including phenoxy) is 2. The van der Waals surface area contributed by atoms with Crippen LogP contribution in [0.15, 0.2) is 0 Å². The Morgan fingerprint density at radius 3 is 2.61 bits per heavy atom. The number of amides is 1. The molecule has 23 heavy (non-hydrogen) atoms. The molecular formula is C16H27N3O3S. The monoisotopic (exact) mass is 341 g/mol. The summed E-state index contributed by atoms with van der Waals surface area (Å²) in [6.07, 6.45) is 4.54. The molecule has 1 aliphatic rings. The molecular weight excluding hydrogens is 314 g/mol. The number of hydrogen-bond acceptors (Lipinski definition) is 6. The average molecular weight is 341 g/mol. The van der Waals surface area contributed by atoms with Crippen LogP contribution in [0.2, 0.25) is 0 Å². The molecule has 1 amide bonds. The van der Waals surface area contributed by atoms with Gasteiger partial charge < -0.3 is 14.8 Å². The third kappa shape index (κ3) is 4.28. The lowest BCUT2D eigenvalue weighted by molar-refractivity contribution is -0.140. The van der Waals surface area contributed by atoms with Gasteiger partial charge in [0.15, 0.2) is 6.29 Å². The van der Waals surface area contributed by atoms with Crippen molar-refractivity contribution in [3.63, 3.8) is 0 Å². The summed E-state index contributed by atoms with van der Waals surface area (Å²) in [5.74, 6) is -0.0659. The first-order valence-electron chi connectivity index (χ1n) is 8.49. The predicted molar refractivity (Wildman–Crippen MR) is 89.6 cm³/mol. The van der Waals surface area contributed by atoms with Gasteiger partial charge in [-0.2, -0.15) is 0 Å². The topological polar surface area (TPSA) is 73.3 Å². The van der Waals surface area contributed by atoms with Crippen LogP contribution in [0.4, 0.5) is 0 Å². The number of carbonyl (C=O) groups excluding carboxylic acids is 1. The summed E-state index contributed by atoms with van der Waals surface area (Å²) in [5.41, 5.74) is 0.818. The highest BCUT2D eigenvalue weighted by Crippen LogP contribution is 2.39. The summed E-state index contributed by atoms with van der Waals surface area (Å²) in [4.78, 5) is 12.8. The molecule has 0 atom stereocenters. The van der Waals surface area contributed by atoms with Gasteiger partial charge in [-0.05, 0) is 43.6 Å². The number of rotatable bonds is 9. The first-order valence-corrected chi connectivity index (χ1v) is 9.26. The molecule has 1 fully saturated rings. The second-order valence-electron chi connectivity index (χ2n) is 5.90. The highest BCUT2D eigenvalue weighted by molar-refractivity contribution is 7.08. The molecule has 2 heterocycles. The highest BCUT2D eigenvalue weighted by atomic mass is 32.1. The van der Waals surface area contributed by atoms with Gasteiger partial charge in [-0.15, -0.1) is 5.10 Å². The van der Waals surface area contributed by atoms with Crippen LogP contribution in [-0.4, -0.2) is 41.5 Å². The van der Waals surface area contributed by atoms with E-state index in [9.17, 15) is 4.79 Å². The Labute approximate surface area is 142 Å². The number of hydrogen-bond donors (Lipinski definition) is 1. The van der Waals surface area contributed by atoms with E-state index in [0.717, 1.165) is 49.3 Å². The number of nitrogens with zero attached hydrogens (tertiary/aromatic N) is 2. The standard InChI is InChI=1S/C16H27N3O3S/c1-4-12-13(23-19-18-12)14(20)17-9-7-8-16(5-2,6-3)15-21-10-11-22-15/h15H,4-11H2,1-3H3,(H,17,20). The molecule has 0 radical (unpaired) electrons. The SMILES string of the molecule is CCc1nnsc1C(=O)NCCCC(CC)(CC)C1OCCO1. The molecule has 0 bridgehead atoms. The van der Waals surface area contributed by atoms with E-state index in [2.05, 4.69) is 28.8 Å². The maximum absolute atomic E-state index is 12.2. The Morgan fingerprint density at radius 2 is 2.00 bits per heavy atom. The van der Waals surface area contributed by atoms with Crippen molar-refractivity contribution in [1.82, 2.24) is 14.9 Å². The van der Waals surface area contributed by atoms with E-state index in [1.54, 1.807) is 0 Å². The Hall–Kier alpha value is -1.05. The van der Waals surface area contributed by atoms with Crippen molar-refractivity contribution in [1.29, 1.82) is 0 Å². The van der Waals surface area contributed by atoms with Crippen LogP contribution < -0.4 is 5.32 Å². The minimum Gasteiger partial charge on any atom is -0.351 e. The van der Waals surface area contributed by atoms with Gasteiger partial charge in [-0.1, -0.05) is 25.3 Å². The summed E-state index contributed by atoms with van der Waals surface area (Å²) in [6.45, 7) is 8.36. The quantitative estimate of drug-likeness (QED) is 0.699. The maximum Gasteiger partial charge on any atom is 0.264 e. The first-order chi connectivity index (χ1) is 11.2. The highest BCUT2D eigenvalue weighted by Gasteiger charge is 2.39. The molecule has 0 aromatic carbocycles. The van der Waals surface area contributed by atoms with Crippen molar-refractivity contribution in [3.8, 4) is 0 Å². The van der Waals surface area contributed by atoms with Gasteiger partial charge in [-0.3, -0.25) is 4.79 Å². The zero-order valence-corrected chi connectivity index (χ0v) is 15.1. The van der Waals surface area contributed by atoms with Crippen LogP contribution >= 0.6 is 11.5 Å². The molecule has 1 saturated heterocycles. The van der Waals surface area contributed by atoms with E-state index < -0.39 is 0 Å². The van der Waals surface area contributed by atoms with Gasteiger partial charge in [0.1, 0.15) is 4.88 Å². The summed E-state index contributed by atoms with van der Waals surface area (Å²) in [5, 5.41) is 6.96. The number of aryl methyl sites for hydroxylation is 1. The largest absolute Gasteiger partial charge is 0.351 e. The van der Waals surface area contributed by atoms with Crippen molar-refractivity contribution in [2.45, 2.75) is 59.2 Å². The first kappa shape index (κ1) is 18.3. The van der Waals surface area contributed by atoms with E-state index in [-0.39, 0.29) is 17.6 Å². The maximum atomic E-state index is 12.2. The van der Waals surface area contributed by atoms with E-state index in [4.69, 9.17) is 9.47 Å². The molecule has 0 unspecified atom stereocenters. The van der Waals surface area contributed by atoms with E-state index >= 15 is 0 Å². The second-order valence-corrected chi connectivity index (χ2v) is 6.66. The summed E-state index contributed by atoms with van der Waals surface area (Å²) in [7, 11) is 0. The third-order valence-corrected chi connectivity index (χ3v) is 5.53. The zero-order valence-electron chi connectivity index (χ0n) is 14.3. The van der Waals surface area contributed by atoms with Gasteiger partial charge in [0.05, 0.1) is 18.9 Å². The molecule has 1 aromatic heterocycles. The fourth-order valence-corrected chi connectivity index (χ4v) is 3.77. The number of nitrogens with one attached hydrogen (secondary N) is 1. The molecule has 6 nitrogen and oxygen atoms in total. The molecule has 7 heteroatoms. The molecule has 1 aliphatic heterocycles. The van der Waals surface area contributed by atoms with E-state index in [1.807, 2.05) is 6.92 Å². The van der Waals surface area contributed by atoms with Crippen molar-refractivity contribution < 1.29 is 14.3 Å². The van der Waals surface area contributed by atoms with Crippen LogP contribution in [0.25, 0.3) is 0 Å². The summed E-state index contributed by atoms with van der Waals surface area (Å²) in [6, 6.07) is 0. The third-order valence-electron chi connectivity index (χ3n) is 4.76. The smallest absolute Gasteiger partial charge is 0.264 e. The molecule has 1 aromatic rings. The fourth-order valence-electron chi connectivity index (χ4n) is 3.10. The Bertz CT molecular complexity index is 497. The molecule has 0 saturated carbocycles. The van der Waals surface area contributed by atoms with Gasteiger partial charge in [0, 0.05) is 12.0 Å². The van der Waals surface area contributed by atoms with Crippen LogP contribution in [0, 0.1) is 5.41 Å². The fraction of sp³-hybridized carbons (Fsp3) is 0.812. The lowest BCUT2D eigenvalue weighted by atomic mass is 9.77. The van der Waals surface area contributed by atoms with E-state index in [1.165, 1.54) is 0 Å². The van der Waals surface area contributed by atoms with Gasteiger partial charge in [0.2, 0.25) is 0 Å². The lowest BCUT2D eigenvalue weighted by Crippen LogP contribution is -2.36. The molecule has 1 N–H and O–H groups in total. The Morgan fingerprint density at radius 1 is 1.30 bits per heavy atom. The number of aromatic nitrogens is 2. The number of carbonyl (C=O) groups is 1. The average Bonchev–Trinajstić information content (AvgIpc) is 3.26. The molecule has 0 aliphatic carbocycles. The Balaban J connectivity index is 1.82. The van der Waals surface area contributed by atoms with Gasteiger partial charge in [0.25, 0.3) is 5.91 Å². The van der Waals surface area contributed by atoms with Crippen molar-refractivity contribution >= 4 is 17.4 Å². The molecule has 2 rings (SSSR count). The zero-order chi connectivity index (χ0) is 16.7. The minimum absolute atomic E-state index is 0.0435. The van der Waals surface area contributed by atoms with Crippen LogP contribution in [-0.2, 0) is 15.9 Å². The predicted octanol–water partition coefficient (Wildman–Crippen LogP) is 2.79. The summed E-state index contributed by atoms with van der Waals surface area (Å²) < 4.78 is 15.3. The van der Waals surface area contributed by atoms with Crippen LogP contribution in [0.5, 0.6) is 0 Å². The minimum atomic E-state index is -0.106. The normalized spacial score (nSPS) is 16.0. The van der Waals surface area contributed by atoms with Crippen LogP contribution in [0.1, 0.15) is 61.8 Å². The van der Waals surface area contributed by atoms with Gasteiger partial charge >= 0.3 is 0 Å². The summed E-state index contributed by atoms with van der Waals surface area (Å²) >= 11 is 1.16. The van der Waals surface area contributed by atoms with Crippen molar-refractivity contribution in [2.75, 3.05) is 19.8 Å². The van der Waals surface area contributed by atoms with Crippen LogP contribution in [0.3, 0.4) is 0 Å². The lowest BCUT2D eigenvalue weighted by Gasteiger charge is -2.36. The van der Waals surface area contributed by atoms with Crippen molar-refractivity contribution in [2.24, 2.45) is 5.41 Å². The van der Waals surface area contributed by atoms with E-state index in [0.29, 0.717) is 24.6 Å². The Kier molecular flexibility index (Phi) is 6.92.